The molecule has 1 aromatic carbocycles. The molecule has 0 radical (unpaired) electrons. The first-order valence-electron chi connectivity index (χ1n) is 5.67. The number of aromatic amines is 1. The number of nitrogens with one attached hydrogen (secondary N) is 1. The maximum Gasteiger partial charge on any atom is 0.354 e. The van der Waals surface area contributed by atoms with Gasteiger partial charge in [-0.2, -0.15) is 0 Å². The van der Waals surface area contributed by atoms with Crippen molar-refractivity contribution in [1.29, 1.82) is 0 Å². The van der Waals surface area contributed by atoms with Crippen molar-refractivity contribution in [3.63, 3.8) is 0 Å². The highest BCUT2D eigenvalue weighted by Gasteiger charge is 2.10. The fourth-order valence-electron chi connectivity index (χ4n) is 1.69. The van der Waals surface area contributed by atoms with Crippen molar-refractivity contribution < 1.29 is 14.3 Å². The van der Waals surface area contributed by atoms with Crippen LogP contribution in [0.4, 0.5) is 0 Å². The zero-order valence-electron chi connectivity index (χ0n) is 9.95. The van der Waals surface area contributed by atoms with Gasteiger partial charge >= 0.3 is 5.97 Å². The van der Waals surface area contributed by atoms with E-state index in [4.69, 9.17) is 9.47 Å². The molecule has 0 saturated carbocycles. The van der Waals surface area contributed by atoms with E-state index in [1.54, 1.807) is 13.0 Å². The van der Waals surface area contributed by atoms with E-state index in [0.717, 1.165) is 16.7 Å². The van der Waals surface area contributed by atoms with Crippen molar-refractivity contribution in [2.75, 3.05) is 13.2 Å². The number of H-pyrrole nitrogens is 1. The Morgan fingerprint density at radius 2 is 2.06 bits per heavy atom. The first kappa shape index (κ1) is 11.5. The summed E-state index contributed by atoms with van der Waals surface area (Å²) in [7, 11) is 0. The second kappa shape index (κ2) is 4.91. The minimum absolute atomic E-state index is 0.332. The number of hydrogen-bond acceptors (Lipinski definition) is 3. The van der Waals surface area contributed by atoms with Crippen molar-refractivity contribution >= 4 is 16.9 Å². The largest absolute Gasteiger partial charge is 0.494 e. The Hall–Kier alpha value is -1.97. The molecule has 0 saturated heterocycles. The molecule has 0 atom stereocenters. The molecule has 0 fully saturated rings. The van der Waals surface area contributed by atoms with Gasteiger partial charge in [-0.15, -0.1) is 0 Å². The van der Waals surface area contributed by atoms with Crippen molar-refractivity contribution in [2.45, 2.75) is 13.8 Å². The SMILES string of the molecule is CCOC(=O)c1cc2cc(OCC)ccc2[nH]1. The number of rotatable bonds is 4. The number of carbonyl (C=O) groups excluding carboxylic acids is 1. The molecule has 17 heavy (non-hydrogen) atoms. The summed E-state index contributed by atoms with van der Waals surface area (Å²) >= 11 is 0. The normalized spacial score (nSPS) is 10.5. The van der Waals surface area contributed by atoms with Gasteiger partial charge in [-0.25, -0.2) is 4.79 Å². The van der Waals surface area contributed by atoms with Gasteiger partial charge in [0.05, 0.1) is 13.2 Å². The molecule has 4 heteroatoms. The minimum atomic E-state index is -0.332. The third-order valence-electron chi connectivity index (χ3n) is 2.40. The van der Waals surface area contributed by atoms with E-state index < -0.39 is 0 Å². The van der Waals surface area contributed by atoms with Gasteiger partial charge in [0.15, 0.2) is 0 Å². The Morgan fingerprint density at radius 1 is 1.24 bits per heavy atom. The van der Waals surface area contributed by atoms with Gasteiger partial charge in [-0.3, -0.25) is 0 Å². The molecule has 90 valence electrons. The van der Waals surface area contributed by atoms with Crippen LogP contribution in [0.5, 0.6) is 5.75 Å². The van der Waals surface area contributed by atoms with E-state index in [1.165, 1.54) is 0 Å². The van der Waals surface area contributed by atoms with Gasteiger partial charge in [0.1, 0.15) is 11.4 Å². The average molecular weight is 233 g/mol. The van der Waals surface area contributed by atoms with Crippen molar-refractivity contribution in [3.8, 4) is 5.75 Å². The van der Waals surface area contributed by atoms with Gasteiger partial charge in [-0.05, 0) is 38.1 Å². The monoisotopic (exact) mass is 233 g/mol. The average Bonchev–Trinajstić information content (AvgIpc) is 2.73. The highest BCUT2D eigenvalue weighted by atomic mass is 16.5. The highest BCUT2D eigenvalue weighted by molar-refractivity contribution is 5.95. The summed E-state index contributed by atoms with van der Waals surface area (Å²) in [6.07, 6.45) is 0. The van der Waals surface area contributed by atoms with E-state index in [1.807, 2.05) is 25.1 Å². The summed E-state index contributed by atoms with van der Waals surface area (Å²) in [4.78, 5) is 14.6. The third-order valence-corrected chi connectivity index (χ3v) is 2.40. The molecule has 0 aliphatic carbocycles. The lowest BCUT2D eigenvalue weighted by Crippen LogP contribution is -2.04. The summed E-state index contributed by atoms with van der Waals surface area (Å²) in [6, 6.07) is 7.44. The summed E-state index contributed by atoms with van der Waals surface area (Å²) in [5, 5.41) is 0.944. The van der Waals surface area contributed by atoms with Gasteiger partial charge in [0, 0.05) is 10.9 Å². The second-order valence-corrected chi connectivity index (χ2v) is 3.59. The molecule has 2 rings (SSSR count). The van der Waals surface area contributed by atoms with Crippen LogP contribution >= 0.6 is 0 Å². The van der Waals surface area contributed by atoms with Crippen LogP contribution in [-0.2, 0) is 4.74 Å². The maximum absolute atomic E-state index is 11.5. The van der Waals surface area contributed by atoms with Crippen LogP contribution in [-0.4, -0.2) is 24.2 Å². The van der Waals surface area contributed by atoms with Crippen LogP contribution in [0.15, 0.2) is 24.3 Å². The zero-order chi connectivity index (χ0) is 12.3. The summed E-state index contributed by atoms with van der Waals surface area (Å²) < 4.78 is 10.3. The zero-order valence-corrected chi connectivity index (χ0v) is 9.95. The van der Waals surface area contributed by atoms with Crippen LogP contribution < -0.4 is 4.74 Å². The summed E-state index contributed by atoms with van der Waals surface area (Å²) in [5.41, 5.74) is 1.37. The predicted octanol–water partition coefficient (Wildman–Crippen LogP) is 2.74. The van der Waals surface area contributed by atoms with E-state index in [-0.39, 0.29) is 5.97 Å². The van der Waals surface area contributed by atoms with Crippen LogP contribution in [0.25, 0.3) is 10.9 Å². The van der Waals surface area contributed by atoms with Crippen LogP contribution in [0.2, 0.25) is 0 Å². The number of fused-ring (bicyclic) bond motifs is 1. The number of benzene rings is 1. The van der Waals surface area contributed by atoms with Crippen LogP contribution in [0, 0.1) is 0 Å². The lowest BCUT2D eigenvalue weighted by Gasteiger charge is -2.01. The third kappa shape index (κ3) is 2.41. The Bertz CT molecular complexity index is 530. The predicted molar refractivity (Wildman–Crippen MR) is 65.4 cm³/mol. The Balaban J connectivity index is 2.33. The van der Waals surface area contributed by atoms with Crippen molar-refractivity contribution in [3.05, 3.63) is 30.0 Å². The molecule has 1 aromatic heterocycles. The topological polar surface area (TPSA) is 51.3 Å². The van der Waals surface area contributed by atoms with Crippen molar-refractivity contribution in [2.24, 2.45) is 0 Å². The minimum Gasteiger partial charge on any atom is -0.494 e. The molecule has 0 aliphatic heterocycles. The summed E-state index contributed by atoms with van der Waals surface area (Å²) in [5.74, 6) is 0.469. The molecular formula is C13H15NO3. The Kier molecular flexibility index (Phi) is 3.32. The number of carbonyl (C=O) groups is 1. The van der Waals surface area contributed by atoms with Gasteiger partial charge in [-0.1, -0.05) is 0 Å². The number of aromatic nitrogens is 1. The molecule has 0 unspecified atom stereocenters. The molecule has 1 N–H and O–H groups in total. The fourth-order valence-corrected chi connectivity index (χ4v) is 1.69. The number of ether oxygens (including phenoxy) is 2. The Labute approximate surface area is 99.5 Å². The molecule has 0 amide bonds. The van der Waals surface area contributed by atoms with E-state index in [9.17, 15) is 4.79 Å². The van der Waals surface area contributed by atoms with Gasteiger partial charge in [0.25, 0.3) is 0 Å². The molecule has 0 bridgehead atoms. The molecular weight excluding hydrogens is 218 g/mol. The first-order valence-corrected chi connectivity index (χ1v) is 5.67. The quantitative estimate of drug-likeness (QED) is 0.826. The molecule has 0 spiro atoms. The maximum atomic E-state index is 11.5. The standard InChI is InChI=1S/C13H15NO3/c1-3-16-10-5-6-11-9(7-10)8-12(14-11)13(15)17-4-2/h5-8,14H,3-4H2,1-2H3. The molecule has 4 nitrogen and oxygen atoms in total. The first-order chi connectivity index (χ1) is 8.24. The molecule has 2 aromatic rings. The number of esters is 1. The lowest BCUT2D eigenvalue weighted by atomic mass is 10.2. The fraction of sp³-hybridized carbons (Fsp3) is 0.308. The smallest absolute Gasteiger partial charge is 0.354 e. The van der Waals surface area contributed by atoms with Crippen LogP contribution in [0.3, 0.4) is 0 Å². The number of hydrogen-bond donors (Lipinski definition) is 1. The van der Waals surface area contributed by atoms with E-state index in [2.05, 4.69) is 4.98 Å². The second-order valence-electron chi connectivity index (χ2n) is 3.59. The van der Waals surface area contributed by atoms with Gasteiger partial charge < -0.3 is 14.5 Å². The molecule has 0 aliphatic rings. The Morgan fingerprint density at radius 3 is 2.76 bits per heavy atom. The van der Waals surface area contributed by atoms with E-state index in [0.29, 0.717) is 18.9 Å². The lowest BCUT2D eigenvalue weighted by molar-refractivity contribution is 0.0520. The highest BCUT2D eigenvalue weighted by Crippen LogP contribution is 2.22. The van der Waals surface area contributed by atoms with Crippen LogP contribution in [0.1, 0.15) is 24.3 Å². The summed E-state index contributed by atoms with van der Waals surface area (Å²) in [6.45, 7) is 4.72. The van der Waals surface area contributed by atoms with Crippen molar-refractivity contribution in [1.82, 2.24) is 4.98 Å². The van der Waals surface area contributed by atoms with E-state index >= 15 is 0 Å². The molecule has 1 heterocycles. The van der Waals surface area contributed by atoms with Gasteiger partial charge in [0.2, 0.25) is 0 Å².